The summed E-state index contributed by atoms with van der Waals surface area (Å²) in [7, 11) is 0. The lowest BCUT2D eigenvalue weighted by Gasteiger charge is -2.31. The fraction of sp³-hybridized carbons (Fsp3) is 0.371. The Balaban J connectivity index is 0.000000924. The molecule has 1 saturated heterocycles. The Kier molecular flexibility index (Phi) is 10.4. The fourth-order valence-electron chi connectivity index (χ4n) is 5.50. The van der Waals surface area contributed by atoms with Crippen LogP contribution in [0.3, 0.4) is 0 Å². The van der Waals surface area contributed by atoms with E-state index < -0.39 is 6.04 Å². The number of ether oxygens (including phenoxy) is 1. The second-order valence-electron chi connectivity index (χ2n) is 10.4. The number of fused-ring (bicyclic) bond motifs is 1. The molecule has 0 spiro atoms. The van der Waals surface area contributed by atoms with Crippen molar-refractivity contribution in [3.8, 4) is 11.6 Å². The van der Waals surface area contributed by atoms with Crippen LogP contribution in [-0.2, 0) is 9.53 Å². The summed E-state index contributed by atoms with van der Waals surface area (Å²) in [5.74, 6) is 0.661. The van der Waals surface area contributed by atoms with Gasteiger partial charge in [-0.2, -0.15) is 0 Å². The highest BCUT2D eigenvalue weighted by Gasteiger charge is 2.28. The van der Waals surface area contributed by atoms with Gasteiger partial charge in [-0.1, -0.05) is 87.7 Å². The van der Waals surface area contributed by atoms with E-state index in [2.05, 4.69) is 31.8 Å². The molecule has 1 aliphatic carbocycles. The van der Waals surface area contributed by atoms with Gasteiger partial charge in [-0.05, 0) is 53.7 Å². The summed E-state index contributed by atoms with van der Waals surface area (Å²) in [6.45, 7) is 10.9. The molecule has 3 aliphatic rings. The third-order valence-corrected chi connectivity index (χ3v) is 7.90. The van der Waals surface area contributed by atoms with Crippen molar-refractivity contribution < 1.29 is 13.9 Å². The molecule has 1 unspecified atom stereocenters. The third-order valence-electron chi connectivity index (χ3n) is 7.90. The lowest BCUT2D eigenvalue weighted by Crippen LogP contribution is -2.36. The van der Waals surface area contributed by atoms with Crippen LogP contribution in [0, 0.1) is 0 Å². The molecule has 2 fully saturated rings. The number of nitrogens with one attached hydrogen (secondary N) is 2. The van der Waals surface area contributed by atoms with Crippen LogP contribution >= 0.6 is 0 Å². The first-order valence-corrected chi connectivity index (χ1v) is 15.8. The normalized spacial score (nSPS) is 17.7. The molecule has 0 bridgehead atoms. The zero-order valence-electron chi connectivity index (χ0n) is 26.0. The Labute approximate surface area is 259 Å². The van der Waals surface area contributed by atoms with Crippen molar-refractivity contribution >= 4 is 28.9 Å². The first-order chi connectivity index (χ1) is 21.7. The van der Waals surface area contributed by atoms with Crippen LogP contribution in [0.2, 0.25) is 0 Å². The van der Waals surface area contributed by atoms with Gasteiger partial charge in [0.25, 0.3) is 11.8 Å². The summed E-state index contributed by atoms with van der Waals surface area (Å²) < 4.78 is 11.7. The molecule has 2 aromatic heterocycles. The van der Waals surface area contributed by atoms with E-state index in [1.54, 1.807) is 0 Å². The maximum absolute atomic E-state index is 13.3. The zero-order valence-corrected chi connectivity index (χ0v) is 26.0. The second-order valence-corrected chi connectivity index (χ2v) is 10.4. The molecule has 1 atom stereocenters. The number of hydrogen-bond donors (Lipinski definition) is 2. The number of rotatable bonds is 6. The molecule has 1 amide bonds. The predicted octanol–water partition coefficient (Wildman–Crippen LogP) is 7.15. The van der Waals surface area contributed by atoms with Crippen LogP contribution in [0.1, 0.15) is 69.6 Å². The van der Waals surface area contributed by atoms with Gasteiger partial charge < -0.3 is 24.7 Å². The van der Waals surface area contributed by atoms with Crippen LogP contribution in [0.15, 0.2) is 77.4 Å². The summed E-state index contributed by atoms with van der Waals surface area (Å²) in [5, 5.41) is 14.8. The molecule has 2 N–H and O–H groups in total. The molecule has 7 rings (SSSR count). The van der Waals surface area contributed by atoms with E-state index in [9.17, 15) is 4.79 Å². The van der Waals surface area contributed by atoms with Gasteiger partial charge in [0.05, 0.1) is 18.9 Å². The van der Waals surface area contributed by atoms with Crippen LogP contribution in [0.5, 0.6) is 0 Å². The lowest BCUT2D eigenvalue weighted by molar-refractivity contribution is -0.116. The molecule has 1 saturated carbocycles. The number of nitrogens with zero attached hydrogens (tertiary/aromatic N) is 4. The van der Waals surface area contributed by atoms with Crippen LogP contribution < -0.4 is 15.5 Å². The van der Waals surface area contributed by atoms with Crippen molar-refractivity contribution in [2.45, 2.75) is 58.9 Å². The minimum atomic E-state index is -0.733. The minimum Gasteiger partial charge on any atom is -0.402 e. The van der Waals surface area contributed by atoms with Crippen molar-refractivity contribution in [1.82, 2.24) is 15.2 Å². The topological polar surface area (TPSA) is 105 Å². The van der Waals surface area contributed by atoms with E-state index in [1.807, 2.05) is 94.6 Å². The van der Waals surface area contributed by atoms with Crippen molar-refractivity contribution in [1.29, 1.82) is 0 Å². The largest absolute Gasteiger partial charge is 0.402 e. The standard InChI is InChI=1S/C31H30N6O3.2C2H6/c38-29-26(18-24(21-7-2-1-3-8-21)23-11-4-5-12-25(23)33-29)34-31-36-35-30(40-31)28-27(37-13-15-39-16-14-37)17-22(19-32-28)20-9-6-10-20;2*1-2/h1-5,7-8,11-12,17-20,26H,6,9-10,13-16H2,(H,33,38)(H,34,36);2*1-2H3. The zero-order chi connectivity index (χ0) is 30.9. The van der Waals surface area contributed by atoms with E-state index in [-0.39, 0.29) is 11.9 Å². The van der Waals surface area contributed by atoms with Crippen molar-refractivity contribution in [3.63, 3.8) is 0 Å². The highest BCUT2D eigenvalue weighted by Crippen LogP contribution is 2.40. The number of hydrogen-bond acceptors (Lipinski definition) is 8. The number of anilines is 3. The van der Waals surface area contributed by atoms with Gasteiger partial charge in [0.15, 0.2) is 5.69 Å². The van der Waals surface area contributed by atoms with Gasteiger partial charge in [0, 0.05) is 30.5 Å². The maximum Gasteiger partial charge on any atom is 0.316 e. The van der Waals surface area contributed by atoms with E-state index >= 15 is 0 Å². The van der Waals surface area contributed by atoms with Gasteiger partial charge in [0.1, 0.15) is 6.04 Å². The highest BCUT2D eigenvalue weighted by atomic mass is 16.5. The predicted molar refractivity (Wildman–Crippen MR) is 176 cm³/mol. The molecule has 9 nitrogen and oxygen atoms in total. The minimum absolute atomic E-state index is 0.155. The summed E-state index contributed by atoms with van der Waals surface area (Å²) in [5.41, 5.74) is 6.53. The smallest absolute Gasteiger partial charge is 0.316 e. The molecule has 2 aliphatic heterocycles. The van der Waals surface area contributed by atoms with E-state index in [0.29, 0.717) is 30.7 Å². The van der Waals surface area contributed by atoms with Gasteiger partial charge in [-0.3, -0.25) is 4.79 Å². The van der Waals surface area contributed by atoms with Crippen LogP contribution in [-0.4, -0.2) is 53.4 Å². The number of amides is 1. The van der Waals surface area contributed by atoms with Crippen molar-refractivity contribution in [3.05, 3.63) is 89.6 Å². The Morgan fingerprint density at radius 1 is 0.932 bits per heavy atom. The molecule has 4 heterocycles. The molecule has 9 heteroatoms. The van der Waals surface area contributed by atoms with E-state index in [0.717, 1.165) is 41.2 Å². The first kappa shape index (κ1) is 30.9. The van der Waals surface area contributed by atoms with Crippen LogP contribution in [0.4, 0.5) is 17.4 Å². The molecule has 44 heavy (non-hydrogen) atoms. The van der Waals surface area contributed by atoms with Crippen molar-refractivity contribution in [2.75, 3.05) is 41.8 Å². The van der Waals surface area contributed by atoms with E-state index in [4.69, 9.17) is 14.1 Å². The Bertz CT molecular complexity index is 1560. The molecule has 230 valence electrons. The monoisotopic (exact) mass is 594 g/mol. The summed E-state index contributed by atoms with van der Waals surface area (Å²) in [4.78, 5) is 20.4. The average Bonchev–Trinajstić information content (AvgIpc) is 3.48. The Hall–Kier alpha value is -4.50. The molecule has 4 aromatic rings. The van der Waals surface area contributed by atoms with Gasteiger partial charge in [-0.25, -0.2) is 4.98 Å². The van der Waals surface area contributed by atoms with Crippen molar-refractivity contribution in [2.24, 2.45) is 0 Å². The first-order valence-electron chi connectivity index (χ1n) is 15.8. The van der Waals surface area contributed by atoms with Gasteiger partial charge in [-0.15, -0.1) is 5.10 Å². The summed E-state index contributed by atoms with van der Waals surface area (Å²) in [6.07, 6.45) is 7.50. The van der Waals surface area contributed by atoms with Gasteiger partial charge in [0.2, 0.25) is 0 Å². The van der Waals surface area contributed by atoms with Gasteiger partial charge >= 0.3 is 6.01 Å². The molecular formula is C35H42N6O3. The number of carbonyl (C=O) groups is 1. The highest BCUT2D eigenvalue weighted by molar-refractivity contribution is 6.05. The molecular weight excluding hydrogens is 552 g/mol. The maximum atomic E-state index is 13.3. The number of benzene rings is 2. The second kappa shape index (κ2) is 14.8. The number of morpholine rings is 1. The van der Waals surface area contributed by atoms with Crippen LogP contribution in [0.25, 0.3) is 17.2 Å². The molecule has 2 aromatic carbocycles. The lowest BCUT2D eigenvalue weighted by atomic mass is 9.80. The summed E-state index contributed by atoms with van der Waals surface area (Å²) in [6, 6.07) is 19.5. The van der Waals surface area contributed by atoms with E-state index in [1.165, 1.54) is 24.8 Å². The number of carbonyl (C=O) groups excluding carboxylic acids is 1. The number of pyridine rings is 1. The number of para-hydroxylation sites is 1. The Morgan fingerprint density at radius 3 is 2.39 bits per heavy atom. The third kappa shape index (κ3) is 6.68. The summed E-state index contributed by atoms with van der Waals surface area (Å²) >= 11 is 0. The SMILES string of the molecule is CC.CC.O=C1Nc2ccccc2C(c2ccccc2)=CC1Nc1nnc(-c2ncc(C3CCC3)cc2N2CCOCC2)o1. The molecule has 0 radical (unpaired) electrons. The Morgan fingerprint density at radius 2 is 1.66 bits per heavy atom. The quantitative estimate of drug-likeness (QED) is 0.242. The average molecular weight is 595 g/mol. The fourth-order valence-corrected chi connectivity index (χ4v) is 5.50. The number of aromatic nitrogens is 3.